The summed E-state index contributed by atoms with van der Waals surface area (Å²) in [6, 6.07) is 34.8. The molecule has 3 aliphatic carbocycles. The number of carbonyl (C=O) groups is 1. The molecule has 3 saturated carbocycles. The van der Waals surface area contributed by atoms with E-state index < -0.39 is 17.2 Å². The lowest BCUT2D eigenvalue weighted by Gasteiger charge is -2.47. The monoisotopic (exact) mass is 638 g/mol. The highest BCUT2D eigenvalue weighted by Gasteiger charge is 2.46. The summed E-state index contributed by atoms with van der Waals surface area (Å²) in [6.07, 6.45) is 5.87. The highest BCUT2D eigenvalue weighted by Crippen LogP contribution is 2.50. The van der Waals surface area contributed by atoms with Crippen LogP contribution in [0.25, 0.3) is 22.4 Å². The Morgan fingerprint density at radius 3 is 1.92 bits per heavy atom. The lowest BCUT2D eigenvalue weighted by molar-refractivity contribution is -0.130. The summed E-state index contributed by atoms with van der Waals surface area (Å²) in [5, 5.41) is 5.73. The number of halogens is 2. The second kappa shape index (κ2) is 12.2. The van der Waals surface area contributed by atoms with Crippen LogP contribution >= 0.6 is 0 Å². The SMILES string of the molecule is CC(=O)[C@H]1C2CCC(CC2)[C@@H]1Cc1nc(-c2nn(C(c3ccccc3)(c3ccccc3)c3ccccc3)c3ncc(F)cc23)ccc1F. The topological polar surface area (TPSA) is 60.7 Å². The van der Waals surface area contributed by atoms with Gasteiger partial charge in [0.25, 0.3) is 0 Å². The quantitative estimate of drug-likeness (QED) is 0.156. The summed E-state index contributed by atoms with van der Waals surface area (Å²) < 4.78 is 32.5. The van der Waals surface area contributed by atoms with E-state index in [1.165, 1.54) is 18.3 Å². The molecule has 0 aliphatic heterocycles. The Morgan fingerprint density at radius 1 is 0.792 bits per heavy atom. The molecule has 7 heteroatoms. The number of ketones is 1. The highest BCUT2D eigenvalue weighted by atomic mass is 19.1. The largest absolute Gasteiger partial charge is 0.300 e. The summed E-state index contributed by atoms with van der Waals surface area (Å²) in [5.74, 6) is 0.0262. The first-order valence-electron chi connectivity index (χ1n) is 16.8. The second-order valence-electron chi connectivity index (χ2n) is 13.4. The molecule has 0 saturated heterocycles. The minimum absolute atomic E-state index is 0.0579. The van der Waals surface area contributed by atoms with Gasteiger partial charge in [-0.05, 0) is 91.7 Å². The summed E-state index contributed by atoms with van der Waals surface area (Å²) in [6.45, 7) is 1.68. The van der Waals surface area contributed by atoms with Gasteiger partial charge in [0.05, 0.1) is 23.0 Å². The molecule has 48 heavy (non-hydrogen) atoms. The minimum Gasteiger partial charge on any atom is -0.300 e. The number of rotatable bonds is 8. The Kier molecular flexibility index (Phi) is 7.70. The van der Waals surface area contributed by atoms with Crippen molar-refractivity contribution in [1.82, 2.24) is 19.7 Å². The van der Waals surface area contributed by atoms with Crippen LogP contribution in [0, 0.1) is 35.3 Å². The first-order valence-corrected chi connectivity index (χ1v) is 16.8. The lowest BCUT2D eigenvalue weighted by Crippen LogP contribution is -2.44. The summed E-state index contributed by atoms with van der Waals surface area (Å²) >= 11 is 0. The van der Waals surface area contributed by atoms with Crippen molar-refractivity contribution in [2.45, 2.75) is 44.6 Å². The molecule has 2 atom stereocenters. The molecule has 240 valence electrons. The molecule has 0 N–H and O–H groups in total. The van der Waals surface area contributed by atoms with Gasteiger partial charge in [-0.2, -0.15) is 5.10 Å². The third kappa shape index (κ3) is 4.95. The van der Waals surface area contributed by atoms with Gasteiger partial charge in [0.15, 0.2) is 5.65 Å². The molecule has 3 aliphatic rings. The molecule has 0 unspecified atom stereocenters. The van der Waals surface area contributed by atoms with Crippen molar-refractivity contribution in [3.05, 3.63) is 149 Å². The second-order valence-corrected chi connectivity index (χ2v) is 13.4. The maximum Gasteiger partial charge on any atom is 0.160 e. The Balaban J connectivity index is 1.34. The van der Waals surface area contributed by atoms with Crippen LogP contribution in [-0.4, -0.2) is 25.5 Å². The van der Waals surface area contributed by atoms with E-state index in [0.29, 0.717) is 46.4 Å². The van der Waals surface area contributed by atoms with Gasteiger partial charge < -0.3 is 0 Å². The number of benzene rings is 3. The van der Waals surface area contributed by atoms with Crippen LogP contribution in [0.2, 0.25) is 0 Å². The molecule has 0 spiro atoms. The summed E-state index contributed by atoms with van der Waals surface area (Å²) in [4.78, 5) is 22.4. The molecule has 3 aromatic heterocycles. The Hall–Kier alpha value is -5.04. The normalized spacial score (nSPS) is 20.6. The van der Waals surface area contributed by atoms with E-state index in [9.17, 15) is 4.79 Å². The predicted molar refractivity (Wildman–Crippen MR) is 182 cm³/mol. The maximum absolute atomic E-state index is 15.6. The van der Waals surface area contributed by atoms with Gasteiger partial charge in [0, 0.05) is 5.92 Å². The fourth-order valence-electron chi connectivity index (χ4n) is 8.79. The average Bonchev–Trinajstić information content (AvgIpc) is 3.50. The van der Waals surface area contributed by atoms with Crippen LogP contribution in [0.4, 0.5) is 8.78 Å². The molecule has 3 heterocycles. The number of carbonyl (C=O) groups excluding carboxylic acids is 1. The molecule has 0 amide bonds. The van der Waals surface area contributed by atoms with E-state index in [4.69, 9.17) is 10.1 Å². The fourth-order valence-corrected chi connectivity index (χ4v) is 8.79. The van der Waals surface area contributed by atoms with Crippen LogP contribution in [0.3, 0.4) is 0 Å². The lowest BCUT2D eigenvalue weighted by atomic mass is 9.56. The predicted octanol–water partition coefficient (Wildman–Crippen LogP) is 8.80. The van der Waals surface area contributed by atoms with Gasteiger partial charge in [0.2, 0.25) is 0 Å². The smallest absolute Gasteiger partial charge is 0.160 e. The number of Topliss-reactive ketones (excluding diaryl/α,β-unsaturated/α-hetero) is 1. The number of pyridine rings is 2. The number of hydrogen-bond acceptors (Lipinski definition) is 4. The first kappa shape index (κ1) is 30.3. The van der Waals surface area contributed by atoms with Crippen molar-refractivity contribution < 1.29 is 13.6 Å². The van der Waals surface area contributed by atoms with E-state index in [-0.39, 0.29) is 17.6 Å². The number of hydrogen-bond donors (Lipinski definition) is 0. The maximum atomic E-state index is 15.6. The zero-order valence-corrected chi connectivity index (χ0v) is 26.8. The fraction of sp³-hybridized carbons (Fsp3) is 0.268. The zero-order chi connectivity index (χ0) is 32.8. The van der Waals surface area contributed by atoms with Gasteiger partial charge in [-0.25, -0.2) is 23.4 Å². The molecule has 9 rings (SSSR count). The van der Waals surface area contributed by atoms with Gasteiger partial charge in [-0.3, -0.25) is 4.79 Å². The van der Waals surface area contributed by atoms with E-state index in [1.807, 2.05) is 59.3 Å². The molecule has 2 bridgehead atoms. The van der Waals surface area contributed by atoms with E-state index in [2.05, 4.69) is 41.4 Å². The molecule has 0 radical (unpaired) electrons. The van der Waals surface area contributed by atoms with Crippen molar-refractivity contribution in [1.29, 1.82) is 0 Å². The van der Waals surface area contributed by atoms with Crippen LogP contribution in [0.5, 0.6) is 0 Å². The van der Waals surface area contributed by atoms with Crippen molar-refractivity contribution in [3.8, 4) is 11.4 Å². The standard InChI is InChI=1S/C41H36F2N4O/c1-26(48)38-28-19-17-27(18-20-28)33(38)24-37-35(43)21-22-36(45-37)39-34-23-32(42)25-44-40(34)47(46-39)41(29-11-5-2-6-12-29,30-13-7-3-8-14-30)31-15-9-4-10-16-31/h2-16,21-23,25,27-28,33,38H,17-20,24H2,1H3/t27?,28?,33-,38-/m0/s1. The van der Waals surface area contributed by atoms with Crippen molar-refractivity contribution >= 4 is 16.8 Å². The van der Waals surface area contributed by atoms with Crippen molar-refractivity contribution in [2.24, 2.45) is 23.7 Å². The number of aromatic nitrogens is 4. The summed E-state index contributed by atoms with van der Waals surface area (Å²) in [5.41, 5.74) is 3.48. The number of fused-ring (bicyclic) bond motifs is 4. The van der Waals surface area contributed by atoms with Gasteiger partial charge >= 0.3 is 0 Å². The van der Waals surface area contributed by atoms with Crippen LogP contribution in [0.1, 0.15) is 55.0 Å². The highest BCUT2D eigenvalue weighted by molar-refractivity contribution is 5.91. The molecule has 3 fully saturated rings. The Morgan fingerprint density at radius 2 is 1.35 bits per heavy atom. The van der Waals surface area contributed by atoms with E-state index >= 15 is 8.78 Å². The van der Waals surface area contributed by atoms with Crippen molar-refractivity contribution in [2.75, 3.05) is 0 Å². The first-order chi connectivity index (χ1) is 23.4. The van der Waals surface area contributed by atoms with Crippen molar-refractivity contribution in [3.63, 3.8) is 0 Å². The van der Waals surface area contributed by atoms with Gasteiger partial charge in [0.1, 0.15) is 28.7 Å². The Bertz CT molecular complexity index is 1990. The van der Waals surface area contributed by atoms with E-state index in [0.717, 1.165) is 42.4 Å². The van der Waals surface area contributed by atoms with Crippen LogP contribution in [0.15, 0.2) is 115 Å². The van der Waals surface area contributed by atoms with Crippen LogP contribution < -0.4 is 0 Å². The molecule has 6 aromatic rings. The molecular weight excluding hydrogens is 602 g/mol. The van der Waals surface area contributed by atoms with Gasteiger partial charge in [-0.15, -0.1) is 0 Å². The van der Waals surface area contributed by atoms with Gasteiger partial charge in [-0.1, -0.05) is 91.0 Å². The summed E-state index contributed by atoms with van der Waals surface area (Å²) in [7, 11) is 0. The third-order valence-corrected chi connectivity index (χ3v) is 10.8. The molecule has 5 nitrogen and oxygen atoms in total. The minimum atomic E-state index is -0.996. The van der Waals surface area contributed by atoms with Crippen LogP contribution in [-0.2, 0) is 16.8 Å². The average molecular weight is 639 g/mol. The number of nitrogens with zero attached hydrogens (tertiary/aromatic N) is 4. The molecule has 3 aromatic carbocycles. The van der Waals surface area contributed by atoms with E-state index in [1.54, 1.807) is 13.0 Å². The molecular formula is C41H36F2N4O. The third-order valence-electron chi connectivity index (χ3n) is 10.8. The Labute approximate surface area is 278 Å². The zero-order valence-electron chi connectivity index (χ0n) is 26.8.